The molecular weight excluding hydrogens is 382 g/mol. The maximum absolute atomic E-state index is 11.2. The molecule has 3 N–H and O–H groups in total. The van der Waals surface area contributed by atoms with Gasteiger partial charge >= 0.3 is 0 Å². The van der Waals surface area contributed by atoms with Gasteiger partial charge in [0.25, 0.3) is 0 Å². The SMILES string of the molecule is CC.CS(=O)(=O)NCC1CCC(Nc2nc(-c3ccccc3O)cs2)CC1. The molecule has 0 radical (unpaired) electrons. The number of aromatic nitrogens is 1. The van der Waals surface area contributed by atoms with Crippen molar-refractivity contribution in [1.29, 1.82) is 0 Å². The summed E-state index contributed by atoms with van der Waals surface area (Å²) in [6, 6.07) is 7.55. The first-order chi connectivity index (χ1) is 12.9. The van der Waals surface area contributed by atoms with Crippen LogP contribution in [0.25, 0.3) is 11.3 Å². The lowest BCUT2D eigenvalue weighted by Crippen LogP contribution is -2.33. The average molecular weight is 412 g/mol. The van der Waals surface area contributed by atoms with E-state index in [1.54, 1.807) is 12.1 Å². The highest BCUT2D eigenvalue weighted by Crippen LogP contribution is 2.33. The molecule has 1 saturated carbocycles. The zero-order valence-electron chi connectivity index (χ0n) is 16.1. The molecule has 1 heterocycles. The lowest BCUT2D eigenvalue weighted by Gasteiger charge is -2.28. The zero-order chi connectivity index (χ0) is 19.9. The number of rotatable bonds is 6. The summed E-state index contributed by atoms with van der Waals surface area (Å²) in [5, 5.41) is 16.2. The number of hydrogen-bond acceptors (Lipinski definition) is 6. The predicted molar refractivity (Wildman–Crippen MR) is 113 cm³/mol. The van der Waals surface area contributed by atoms with E-state index in [2.05, 4.69) is 15.0 Å². The summed E-state index contributed by atoms with van der Waals surface area (Å²) in [5.41, 5.74) is 1.51. The van der Waals surface area contributed by atoms with E-state index in [-0.39, 0.29) is 5.75 Å². The van der Waals surface area contributed by atoms with Crippen molar-refractivity contribution >= 4 is 26.5 Å². The molecule has 2 aromatic rings. The maximum Gasteiger partial charge on any atom is 0.208 e. The van der Waals surface area contributed by atoms with Gasteiger partial charge in [-0.05, 0) is 43.7 Å². The third-order valence-corrected chi connectivity index (χ3v) is 5.96. The summed E-state index contributed by atoms with van der Waals surface area (Å²) in [4.78, 5) is 4.58. The van der Waals surface area contributed by atoms with E-state index < -0.39 is 10.0 Å². The van der Waals surface area contributed by atoms with Crippen LogP contribution in [0.2, 0.25) is 0 Å². The highest BCUT2D eigenvalue weighted by Gasteiger charge is 2.22. The highest BCUT2D eigenvalue weighted by atomic mass is 32.2. The summed E-state index contributed by atoms with van der Waals surface area (Å²) >= 11 is 1.54. The third-order valence-electron chi connectivity index (χ3n) is 4.49. The molecule has 0 amide bonds. The van der Waals surface area contributed by atoms with Gasteiger partial charge in [0, 0.05) is 23.5 Å². The standard InChI is InChI=1S/C17H23N3O3S2.C2H6/c1-25(22,23)18-10-12-6-8-13(9-7-12)19-17-20-15(11-24-17)14-4-2-3-5-16(14)21;1-2/h2-5,11-13,18,21H,6-10H2,1H3,(H,19,20);1-2H3. The smallest absolute Gasteiger partial charge is 0.208 e. The number of sulfonamides is 1. The van der Waals surface area contributed by atoms with Gasteiger partial charge in [-0.1, -0.05) is 26.0 Å². The van der Waals surface area contributed by atoms with Crippen molar-refractivity contribution in [3.05, 3.63) is 29.6 Å². The zero-order valence-corrected chi connectivity index (χ0v) is 17.7. The molecule has 1 aliphatic rings. The van der Waals surface area contributed by atoms with Gasteiger partial charge in [0.15, 0.2) is 5.13 Å². The summed E-state index contributed by atoms with van der Waals surface area (Å²) < 4.78 is 24.9. The second-order valence-corrected chi connectivity index (χ2v) is 9.23. The van der Waals surface area contributed by atoms with Crippen molar-refractivity contribution in [2.75, 3.05) is 18.1 Å². The molecule has 1 aromatic carbocycles. The fourth-order valence-corrected chi connectivity index (χ4v) is 4.44. The summed E-state index contributed by atoms with van der Waals surface area (Å²) in [7, 11) is -3.11. The monoisotopic (exact) mass is 411 g/mol. The molecule has 3 rings (SSSR count). The third kappa shape index (κ3) is 6.79. The Kier molecular flexibility index (Phi) is 8.07. The molecule has 0 bridgehead atoms. The number of aromatic hydroxyl groups is 1. The molecule has 150 valence electrons. The number of phenols is 1. The van der Waals surface area contributed by atoms with Gasteiger partial charge < -0.3 is 10.4 Å². The summed E-state index contributed by atoms with van der Waals surface area (Å²) in [5.74, 6) is 0.638. The van der Waals surface area contributed by atoms with Crippen molar-refractivity contribution in [2.45, 2.75) is 45.6 Å². The Hall–Kier alpha value is -1.64. The largest absolute Gasteiger partial charge is 0.507 e. The van der Waals surface area contributed by atoms with Crippen LogP contribution in [0.5, 0.6) is 5.75 Å². The molecule has 0 unspecified atom stereocenters. The lowest BCUT2D eigenvalue weighted by atomic mass is 9.86. The Bertz CT molecular complexity index is 813. The predicted octanol–water partition coefficient (Wildman–Crippen LogP) is 4.06. The number of para-hydroxylation sites is 1. The van der Waals surface area contributed by atoms with Crippen molar-refractivity contribution < 1.29 is 13.5 Å². The van der Waals surface area contributed by atoms with Crippen molar-refractivity contribution in [3.8, 4) is 17.0 Å². The molecule has 8 heteroatoms. The van der Waals surface area contributed by atoms with E-state index >= 15 is 0 Å². The second-order valence-electron chi connectivity index (χ2n) is 6.54. The van der Waals surface area contributed by atoms with Crippen LogP contribution in [0.4, 0.5) is 5.13 Å². The number of hydrogen-bond donors (Lipinski definition) is 3. The van der Waals surface area contributed by atoms with E-state index in [0.717, 1.165) is 42.1 Å². The quantitative estimate of drug-likeness (QED) is 0.667. The maximum atomic E-state index is 11.2. The fourth-order valence-electron chi connectivity index (χ4n) is 3.11. The fraction of sp³-hybridized carbons (Fsp3) is 0.526. The molecule has 0 spiro atoms. The topological polar surface area (TPSA) is 91.3 Å². The minimum atomic E-state index is -3.11. The van der Waals surface area contributed by atoms with E-state index in [0.29, 0.717) is 18.5 Å². The molecule has 27 heavy (non-hydrogen) atoms. The number of anilines is 1. The van der Waals surface area contributed by atoms with Crippen LogP contribution in [-0.2, 0) is 10.0 Å². The average Bonchev–Trinajstić information content (AvgIpc) is 3.11. The lowest BCUT2D eigenvalue weighted by molar-refractivity contribution is 0.337. The number of benzene rings is 1. The van der Waals surface area contributed by atoms with Crippen LogP contribution in [0, 0.1) is 5.92 Å². The number of thiazole rings is 1. The molecule has 6 nitrogen and oxygen atoms in total. The van der Waals surface area contributed by atoms with Gasteiger partial charge in [-0.2, -0.15) is 0 Å². The Labute approximate surface area is 166 Å². The highest BCUT2D eigenvalue weighted by molar-refractivity contribution is 7.88. The van der Waals surface area contributed by atoms with E-state index in [1.165, 1.54) is 17.6 Å². The molecule has 1 fully saturated rings. The van der Waals surface area contributed by atoms with Gasteiger partial charge in [-0.25, -0.2) is 18.1 Å². The van der Waals surface area contributed by atoms with Gasteiger partial charge in [0.2, 0.25) is 10.0 Å². The number of nitrogens with one attached hydrogen (secondary N) is 2. The van der Waals surface area contributed by atoms with Crippen LogP contribution < -0.4 is 10.0 Å². The van der Waals surface area contributed by atoms with Crippen LogP contribution in [0.1, 0.15) is 39.5 Å². The number of phenolic OH excluding ortho intramolecular Hbond substituents is 1. The van der Waals surface area contributed by atoms with Crippen LogP contribution >= 0.6 is 11.3 Å². The molecule has 1 aromatic heterocycles. The van der Waals surface area contributed by atoms with E-state index in [4.69, 9.17) is 0 Å². The first-order valence-electron chi connectivity index (χ1n) is 9.36. The number of nitrogens with zero attached hydrogens (tertiary/aromatic N) is 1. The van der Waals surface area contributed by atoms with Crippen molar-refractivity contribution in [1.82, 2.24) is 9.71 Å². The van der Waals surface area contributed by atoms with Gasteiger partial charge in [0.05, 0.1) is 11.9 Å². The molecule has 0 saturated heterocycles. The Balaban J connectivity index is 0.00000126. The summed E-state index contributed by atoms with van der Waals surface area (Å²) in [6.07, 6.45) is 5.20. The van der Waals surface area contributed by atoms with E-state index in [1.807, 2.05) is 31.4 Å². The van der Waals surface area contributed by atoms with Gasteiger partial charge in [-0.3, -0.25) is 0 Å². The van der Waals surface area contributed by atoms with Crippen molar-refractivity contribution in [2.24, 2.45) is 5.92 Å². The normalized spacial score (nSPS) is 19.8. The first-order valence-corrected chi connectivity index (χ1v) is 12.1. The first kappa shape index (κ1) is 21.7. The van der Waals surface area contributed by atoms with E-state index in [9.17, 15) is 13.5 Å². The Morgan fingerprint density at radius 2 is 1.85 bits per heavy atom. The Morgan fingerprint density at radius 3 is 2.48 bits per heavy atom. The molecular formula is C19H29N3O3S2. The minimum absolute atomic E-state index is 0.234. The second kappa shape index (κ2) is 10.1. The van der Waals surface area contributed by atoms with Crippen LogP contribution in [0.15, 0.2) is 29.6 Å². The van der Waals surface area contributed by atoms with Gasteiger partial charge in [0.1, 0.15) is 5.75 Å². The summed E-state index contributed by atoms with van der Waals surface area (Å²) in [6.45, 7) is 4.53. The van der Waals surface area contributed by atoms with Crippen LogP contribution in [-0.4, -0.2) is 37.4 Å². The molecule has 1 aliphatic carbocycles. The van der Waals surface area contributed by atoms with Crippen molar-refractivity contribution in [3.63, 3.8) is 0 Å². The molecule has 0 aliphatic heterocycles. The van der Waals surface area contributed by atoms with Crippen LogP contribution in [0.3, 0.4) is 0 Å². The van der Waals surface area contributed by atoms with Gasteiger partial charge in [-0.15, -0.1) is 11.3 Å². The molecule has 0 atom stereocenters. The Morgan fingerprint density at radius 1 is 1.19 bits per heavy atom. The minimum Gasteiger partial charge on any atom is -0.507 e.